The maximum atomic E-state index is 11.3. The minimum absolute atomic E-state index is 0.0535. The van der Waals surface area contributed by atoms with Crippen LogP contribution >= 0.6 is 11.6 Å². The number of amides is 1. The Morgan fingerprint density at radius 2 is 2.54 bits per heavy atom. The predicted octanol–water partition coefficient (Wildman–Crippen LogP) is 1.23. The molecule has 0 saturated carbocycles. The Bertz CT molecular complexity index is 297. The Balaban J connectivity index is 2.84. The van der Waals surface area contributed by atoms with Gasteiger partial charge in [-0.1, -0.05) is 18.5 Å². The smallest absolute Gasteiger partial charge is 0.244 e. The Morgan fingerprint density at radius 3 is 2.92 bits per heavy atom. The van der Waals surface area contributed by atoms with Gasteiger partial charge in [-0.05, 0) is 6.42 Å². The number of likely N-dealkylation sites (N-methyl/N-ethyl adjacent to an activating group) is 1. The number of halogens is 1. The normalized spacial score (nSPS) is 12.5. The Labute approximate surface area is 81.9 Å². The fraction of sp³-hybridized carbons (Fsp3) is 0.500. The zero-order valence-electron chi connectivity index (χ0n) is 7.62. The van der Waals surface area contributed by atoms with Crippen molar-refractivity contribution in [2.45, 2.75) is 19.4 Å². The lowest BCUT2D eigenvalue weighted by molar-refractivity contribution is -0.124. The minimum Gasteiger partial charge on any atom is -0.357 e. The van der Waals surface area contributed by atoms with E-state index >= 15 is 0 Å². The number of aromatic nitrogens is 2. The number of carbonyl (C=O) groups is 1. The maximum absolute atomic E-state index is 11.3. The Hall–Kier alpha value is -1.03. The SMILES string of the molecule is CCC(C(=O)NC)n1cc(Cl)cn1. The molecular formula is C8H12ClN3O. The van der Waals surface area contributed by atoms with Gasteiger partial charge in [0.05, 0.1) is 11.2 Å². The summed E-state index contributed by atoms with van der Waals surface area (Å²) < 4.78 is 1.57. The van der Waals surface area contributed by atoms with Crippen LogP contribution in [0.3, 0.4) is 0 Å². The van der Waals surface area contributed by atoms with Gasteiger partial charge < -0.3 is 5.32 Å². The molecule has 0 fully saturated rings. The molecule has 4 nitrogen and oxygen atoms in total. The number of hydrogen-bond donors (Lipinski definition) is 1. The number of nitrogens with zero attached hydrogens (tertiary/aromatic N) is 2. The van der Waals surface area contributed by atoms with Gasteiger partial charge in [-0.2, -0.15) is 5.10 Å². The van der Waals surface area contributed by atoms with E-state index in [0.717, 1.165) is 0 Å². The lowest BCUT2D eigenvalue weighted by atomic mass is 10.2. The van der Waals surface area contributed by atoms with E-state index in [2.05, 4.69) is 10.4 Å². The lowest BCUT2D eigenvalue weighted by Gasteiger charge is -2.12. The molecule has 1 N–H and O–H groups in total. The van der Waals surface area contributed by atoms with Crippen molar-refractivity contribution in [1.29, 1.82) is 0 Å². The van der Waals surface area contributed by atoms with Crippen LogP contribution in [0.15, 0.2) is 12.4 Å². The second kappa shape index (κ2) is 4.28. The number of carbonyl (C=O) groups excluding carboxylic acids is 1. The Kier molecular flexibility index (Phi) is 3.31. The fourth-order valence-electron chi connectivity index (χ4n) is 1.14. The van der Waals surface area contributed by atoms with Gasteiger partial charge in [0.1, 0.15) is 6.04 Å². The first-order valence-corrected chi connectivity index (χ1v) is 4.48. The van der Waals surface area contributed by atoms with Gasteiger partial charge in [0.15, 0.2) is 0 Å². The molecule has 1 rings (SSSR count). The minimum atomic E-state index is -0.266. The van der Waals surface area contributed by atoms with Gasteiger partial charge in [-0.3, -0.25) is 9.48 Å². The maximum Gasteiger partial charge on any atom is 0.244 e. The van der Waals surface area contributed by atoms with Crippen molar-refractivity contribution in [3.05, 3.63) is 17.4 Å². The van der Waals surface area contributed by atoms with Crippen molar-refractivity contribution >= 4 is 17.5 Å². The zero-order valence-corrected chi connectivity index (χ0v) is 8.38. The van der Waals surface area contributed by atoms with Crippen molar-refractivity contribution in [3.63, 3.8) is 0 Å². The molecule has 0 bridgehead atoms. The van der Waals surface area contributed by atoms with E-state index in [4.69, 9.17) is 11.6 Å². The molecule has 0 aliphatic rings. The summed E-state index contributed by atoms with van der Waals surface area (Å²) in [5.41, 5.74) is 0. The van der Waals surface area contributed by atoms with Crippen LogP contribution in [-0.2, 0) is 4.79 Å². The molecule has 5 heteroatoms. The first-order chi connectivity index (χ1) is 6.19. The highest BCUT2D eigenvalue weighted by Gasteiger charge is 2.17. The second-order valence-corrected chi connectivity index (χ2v) is 3.11. The first-order valence-electron chi connectivity index (χ1n) is 4.10. The molecule has 0 spiro atoms. The fourth-order valence-corrected chi connectivity index (χ4v) is 1.29. The summed E-state index contributed by atoms with van der Waals surface area (Å²) in [6.45, 7) is 1.93. The van der Waals surface area contributed by atoms with Gasteiger partial charge in [0.25, 0.3) is 0 Å². The molecule has 0 aliphatic heterocycles. The van der Waals surface area contributed by atoms with Crippen LogP contribution < -0.4 is 5.32 Å². The third-order valence-corrected chi connectivity index (χ3v) is 2.02. The molecule has 1 atom stereocenters. The predicted molar refractivity (Wildman–Crippen MR) is 50.6 cm³/mol. The number of rotatable bonds is 3. The highest BCUT2D eigenvalue weighted by atomic mass is 35.5. The molecule has 1 unspecified atom stereocenters. The van der Waals surface area contributed by atoms with Crippen molar-refractivity contribution in [2.24, 2.45) is 0 Å². The molecule has 1 heterocycles. The zero-order chi connectivity index (χ0) is 9.84. The third-order valence-electron chi connectivity index (χ3n) is 1.83. The topological polar surface area (TPSA) is 46.9 Å². The van der Waals surface area contributed by atoms with E-state index in [1.54, 1.807) is 17.9 Å². The summed E-state index contributed by atoms with van der Waals surface area (Å²) in [6.07, 6.45) is 3.86. The van der Waals surface area contributed by atoms with Crippen LogP contribution in [0.4, 0.5) is 0 Å². The van der Waals surface area contributed by atoms with E-state index in [1.807, 2.05) is 6.92 Å². The highest BCUT2D eigenvalue weighted by molar-refractivity contribution is 6.30. The van der Waals surface area contributed by atoms with Crippen molar-refractivity contribution in [2.75, 3.05) is 7.05 Å². The van der Waals surface area contributed by atoms with Gasteiger partial charge in [-0.25, -0.2) is 0 Å². The molecule has 72 valence electrons. The largest absolute Gasteiger partial charge is 0.357 e. The monoisotopic (exact) mass is 201 g/mol. The lowest BCUT2D eigenvalue weighted by Crippen LogP contribution is -2.29. The molecule has 0 radical (unpaired) electrons. The molecular weight excluding hydrogens is 190 g/mol. The van der Waals surface area contributed by atoms with Crippen molar-refractivity contribution in [3.8, 4) is 0 Å². The molecule has 13 heavy (non-hydrogen) atoms. The molecule has 0 aromatic carbocycles. The Morgan fingerprint density at radius 1 is 1.85 bits per heavy atom. The highest BCUT2D eigenvalue weighted by Crippen LogP contribution is 2.13. The second-order valence-electron chi connectivity index (χ2n) is 2.68. The van der Waals surface area contributed by atoms with Crippen LogP contribution in [0.5, 0.6) is 0 Å². The molecule has 1 amide bonds. The van der Waals surface area contributed by atoms with Crippen LogP contribution in [-0.4, -0.2) is 22.7 Å². The van der Waals surface area contributed by atoms with E-state index in [0.29, 0.717) is 11.4 Å². The summed E-state index contributed by atoms with van der Waals surface area (Å²) in [4.78, 5) is 11.3. The van der Waals surface area contributed by atoms with E-state index in [1.165, 1.54) is 6.20 Å². The van der Waals surface area contributed by atoms with Gasteiger partial charge in [0, 0.05) is 13.2 Å². The summed E-state index contributed by atoms with van der Waals surface area (Å²) in [7, 11) is 1.61. The average molecular weight is 202 g/mol. The summed E-state index contributed by atoms with van der Waals surface area (Å²) in [5, 5.41) is 7.10. The van der Waals surface area contributed by atoms with E-state index in [-0.39, 0.29) is 11.9 Å². The van der Waals surface area contributed by atoms with Crippen LogP contribution in [0.1, 0.15) is 19.4 Å². The molecule has 0 aliphatic carbocycles. The van der Waals surface area contributed by atoms with Crippen LogP contribution in [0, 0.1) is 0 Å². The number of hydrogen-bond acceptors (Lipinski definition) is 2. The van der Waals surface area contributed by atoms with E-state index < -0.39 is 0 Å². The van der Waals surface area contributed by atoms with Crippen LogP contribution in [0.2, 0.25) is 5.02 Å². The van der Waals surface area contributed by atoms with Gasteiger partial charge in [-0.15, -0.1) is 0 Å². The summed E-state index contributed by atoms with van der Waals surface area (Å²) in [6, 6.07) is -0.266. The third kappa shape index (κ3) is 2.21. The van der Waals surface area contributed by atoms with Crippen LogP contribution in [0.25, 0.3) is 0 Å². The molecule has 1 aromatic heterocycles. The first kappa shape index (κ1) is 10.1. The van der Waals surface area contributed by atoms with Crippen molar-refractivity contribution in [1.82, 2.24) is 15.1 Å². The van der Waals surface area contributed by atoms with Crippen molar-refractivity contribution < 1.29 is 4.79 Å². The van der Waals surface area contributed by atoms with E-state index in [9.17, 15) is 4.79 Å². The standard InChI is InChI=1S/C8H12ClN3O/c1-3-7(8(13)10-2)12-5-6(9)4-11-12/h4-5,7H,3H2,1-2H3,(H,10,13). The average Bonchev–Trinajstić information content (AvgIpc) is 2.53. The molecule has 1 aromatic rings. The summed E-state index contributed by atoms with van der Waals surface area (Å²) in [5.74, 6) is -0.0535. The number of nitrogens with one attached hydrogen (secondary N) is 1. The molecule has 0 saturated heterocycles. The summed E-state index contributed by atoms with van der Waals surface area (Å²) >= 11 is 5.69. The van der Waals surface area contributed by atoms with Gasteiger partial charge in [0.2, 0.25) is 5.91 Å². The quantitative estimate of drug-likeness (QED) is 0.800. The van der Waals surface area contributed by atoms with Gasteiger partial charge >= 0.3 is 0 Å².